The fourth-order valence-electron chi connectivity index (χ4n) is 1.19. The van der Waals surface area contributed by atoms with Crippen molar-refractivity contribution >= 4 is 5.78 Å². The van der Waals surface area contributed by atoms with Crippen LogP contribution in [-0.2, 0) is 4.79 Å². The quantitative estimate of drug-likeness (QED) is 0.636. The predicted octanol–water partition coefficient (Wildman–Crippen LogP) is 1.16. The first-order valence-electron chi connectivity index (χ1n) is 3.82. The highest BCUT2D eigenvalue weighted by Crippen LogP contribution is 2.24. The van der Waals surface area contributed by atoms with Gasteiger partial charge >= 0.3 is 12.3 Å². The molecule has 0 atom stereocenters. The van der Waals surface area contributed by atoms with Gasteiger partial charge in [-0.2, -0.15) is 8.78 Å². The highest BCUT2D eigenvalue weighted by atomic mass is 19.3. The minimum atomic E-state index is -4.01. The second kappa shape index (κ2) is 3.61. The summed E-state index contributed by atoms with van der Waals surface area (Å²) in [7, 11) is 0. The van der Waals surface area contributed by atoms with Crippen LogP contribution in [-0.4, -0.2) is 42.7 Å². The van der Waals surface area contributed by atoms with Crippen molar-refractivity contribution in [1.82, 2.24) is 4.90 Å². The molecule has 0 unspecified atom stereocenters. The number of hydrogen-bond donors (Lipinski definition) is 0. The van der Waals surface area contributed by atoms with E-state index in [0.29, 0.717) is 0 Å². The predicted molar refractivity (Wildman–Crippen MR) is 37.0 cm³/mol. The van der Waals surface area contributed by atoms with Gasteiger partial charge in [0.25, 0.3) is 0 Å². The Hall–Kier alpha value is -0.650. The molecule has 76 valence electrons. The molecule has 0 aromatic rings. The monoisotopic (exact) mass is 199 g/mol. The van der Waals surface area contributed by atoms with E-state index in [1.165, 1.54) is 0 Å². The van der Waals surface area contributed by atoms with Crippen molar-refractivity contribution in [3.05, 3.63) is 0 Å². The number of alkyl halides is 4. The minimum absolute atomic E-state index is 0.137. The van der Waals surface area contributed by atoms with Crippen molar-refractivity contribution in [1.29, 1.82) is 0 Å². The van der Waals surface area contributed by atoms with Crippen LogP contribution in [0.3, 0.4) is 0 Å². The van der Waals surface area contributed by atoms with Gasteiger partial charge in [0.15, 0.2) is 0 Å². The first kappa shape index (κ1) is 10.4. The molecule has 1 aliphatic heterocycles. The highest BCUT2D eigenvalue weighted by molar-refractivity contribution is 5.82. The molecule has 1 aliphatic rings. The Morgan fingerprint density at radius 2 is 2.08 bits per heavy atom. The minimum Gasteiger partial charge on any atom is -0.298 e. The lowest BCUT2D eigenvalue weighted by molar-refractivity contribution is -0.141. The lowest BCUT2D eigenvalue weighted by Gasteiger charge is -2.21. The standard InChI is InChI=1S/C7H9F4NO/c8-6(9)7(10,11)4-12-2-1-5(13)3-12/h6H,1-4H2. The van der Waals surface area contributed by atoms with Crippen LogP contribution in [0, 0.1) is 0 Å². The summed E-state index contributed by atoms with van der Waals surface area (Å²) in [5, 5.41) is 0. The van der Waals surface area contributed by atoms with Gasteiger partial charge in [-0.25, -0.2) is 8.78 Å². The third-order valence-corrected chi connectivity index (χ3v) is 1.86. The maximum absolute atomic E-state index is 12.4. The Labute approximate surface area is 72.5 Å². The van der Waals surface area contributed by atoms with Gasteiger partial charge in [0.1, 0.15) is 5.78 Å². The van der Waals surface area contributed by atoms with E-state index in [2.05, 4.69) is 0 Å². The molecule has 0 aliphatic carbocycles. The van der Waals surface area contributed by atoms with E-state index in [1.807, 2.05) is 0 Å². The number of halogens is 4. The lowest BCUT2D eigenvalue weighted by atomic mass is 10.3. The Morgan fingerprint density at radius 3 is 2.46 bits per heavy atom. The van der Waals surface area contributed by atoms with E-state index in [9.17, 15) is 22.4 Å². The third-order valence-electron chi connectivity index (χ3n) is 1.86. The molecule has 1 fully saturated rings. The molecule has 2 nitrogen and oxygen atoms in total. The van der Waals surface area contributed by atoms with Gasteiger partial charge in [-0.3, -0.25) is 9.69 Å². The van der Waals surface area contributed by atoms with Gasteiger partial charge in [0, 0.05) is 13.0 Å². The normalized spacial score (nSPS) is 20.2. The Balaban J connectivity index is 2.44. The number of rotatable bonds is 3. The summed E-state index contributed by atoms with van der Waals surface area (Å²) in [6.45, 7) is -1.01. The maximum Gasteiger partial charge on any atom is 0.319 e. The van der Waals surface area contributed by atoms with Crippen LogP contribution in [0.25, 0.3) is 0 Å². The molecule has 1 heterocycles. The van der Waals surface area contributed by atoms with Crippen LogP contribution in [0.5, 0.6) is 0 Å². The SMILES string of the molecule is O=C1CCN(CC(F)(F)C(F)F)C1. The van der Waals surface area contributed by atoms with Gasteiger partial charge < -0.3 is 0 Å². The van der Waals surface area contributed by atoms with Crippen molar-refractivity contribution in [2.75, 3.05) is 19.6 Å². The van der Waals surface area contributed by atoms with Gasteiger partial charge in [-0.15, -0.1) is 0 Å². The molecule has 1 saturated heterocycles. The van der Waals surface area contributed by atoms with Gasteiger partial charge in [-0.05, 0) is 0 Å². The van der Waals surface area contributed by atoms with E-state index in [-0.39, 0.29) is 25.3 Å². The molecule has 0 saturated carbocycles. The molecule has 0 aromatic heterocycles. The first-order valence-corrected chi connectivity index (χ1v) is 3.82. The van der Waals surface area contributed by atoms with Crippen LogP contribution in [0.1, 0.15) is 6.42 Å². The average Bonchev–Trinajstić information content (AvgIpc) is 2.34. The van der Waals surface area contributed by atoms with E-state index in [1.54, 1.807) is 0 Å². The molecular formula is C7H9F4NO. The number of ketones is 1. The topological polar surface area (TPSA) is 20.3 Å². The largest absolute Gasteiger partial charge is 0.319 e. The number of Topliss-reactive ketones (excluding diaryl/α,β-unsaturated/α-hetero) is 1. The lowest BCUT2D eigenvalue weighted by Crippen LogP contribution is -2.40. The first-order chi connectivity index (χ1) is 5.92. The molecule has 0 aromatic carbocycles. The zero-order chi connectivity index (χ0) is 10.1. The van der Waals surface area contributed by atoms with E-state index >= 15 is 0 Å². The van der Waals surface area contributed by atoms with Crippen LogP contribution in [0.4, 0.5) is 17.6 Å². The summed E-state index contributed by atoms with van der Waals surface area (Å²) in [6, 6.07) is 0. The van der Waals surface area contributed by atoms with Gasteiger partial charge in [0.2, 0.25) is 0 Å². The van der Waals surface area contributed by atoms with Crippen molar-refractivity contribution < 1.29 is 22.4 Å². The number of carbonyl (C=O) groups is 1. The summed E-state index contributed by atoms with van der Waals surface area (Å²) >= 11 is 0. The van der Waals surface area contributed by atoms with E-state index in [4.69, 9.17) is 0 Å². The maximum atomic E-state index is 12.4. The number of carbonyl (C=O) groups excluding carboxylic acids is 1. The number of likely N-dealkylation sites (tertiary alicyclic amines) is 1. The molecule has 0 radical (unpaired) electrons. The molecular weight excluding hydrogens is 190 g/mol. The van der Waals surface area contributed by atoms with Crippen LogP contribution in [0.15, 0.2) is 0 Å². The number of hydrogen-bond acceptors (Lipinski definition) is 2. The van der Waals surface area contributed by atoms with Crippen molar-refractivity contribution in [2.45, 2.75) is 18.8 Å². The average molecular weight is 199 g/mol. The molecule has 6 heteroatoms. The molecule has 1 rings (SSSR count). The smallest absolute Gasteiger partial charge is 0.298 e. The summed E-state index contributed by atoms with van der Waals surface area (Å²) < 4.78 is 48.2. The number of nitrogens with zero attached hydrogens (tertiary/aromatic N) is 1. The fourth-order valence-corrected chi connectivity index (χ4v) is 1.19. The summed E-state index contributed by atoms with van der Waals surface area (Å²) in [4.78, 5) is 11.7. The third kappa shape index (κ3) is 2.65. The second-order valence-corrected chi connectivity index (χ2v) is 3.06. The van der Waals surface area contributed by atoms with Crippen molar-refractivity contribution in [3.63, 3.8) is 0 Å². The fraction of sp³-hybridized carbons (Fsp3) is 0.857. The van der Waals surface area contributed by atoms with E-state index < -0.39 is 18.9 Å². The molecule has 0 amide bonds. The Bertz CT molecular complexity index is 207. The zero-order valence-corrected chi connectivity index (χ0v) is 6.77. The van der Waals surface area contributed by atoms with Gasteiger partial charge in [-0.1, -0.05) is 0 Å². The molecule has 0 N–H and O–H groups in total. The van der Waals surface area contributed by atoms with Crippen LogP contribution in [0.2, 0.25) is 0 Å². The summed E-state index contributed by atoms with van der Waals surface area (Å²) in [6.07, 6.45) is -3.48. The van der Waals surface area contributed by atoms with Gasteiger partial charge in [0.05, 0.1) is 13.1 Å². The van der Waals surface area contributed by atoms with Crippen LogP contribution < -0.4 is 0 Å². The molecule has 0 spiro atoms. The zero-order valence-electron chi connectivity index (χ0n) is 6.77. The molecule has 13 heavy (non-hydrogen) atoms. The van der Waals surface area contributed by atoms with Crippen molar-refractivity contribution in [3.8, 4) is 0 Å². The summed E-state index contributed by atoms with van der Waals surface area (Å²) in [5.74, 6) is -4.19. The second-order valence-electron chi connectivity index (χ2n) is 3.06. The summed E-state index contributed by atoms with van der Waals surface area (Å²) in [5.41, 5.74) is 0. The highest BCUT2D eigenvalue weighted by Gasteiger charge is 2.43. The Kier molecular flexibility index (Phi) is 2.90. The Morgan fingerprint density at radius 1 is 1.46 bits per heavy atom. The van der Waals surface area contributed by atoms with Crippen molar-refractivity contribution in [2.24, 2.45) is 0 Å². The molecule has 0 bridgehead atoms. The van der Waals surface area contributed by atoms with E-state index in [0.717, 1.165) is 4.90 Å². The van der Waals surface area contributed by atoms with Crippen LogP contribution >= 0.6 is 0 Å².